The lowest BCUT2D eigenvalue weighted by Crippen LogP contribution is -2.45. The van der Waals surface area contributed by atoms with Gasteiger partial charge in [0.1, 0.15) is 17.9 Å². The maximum atomic E-state index is 12.3. The van der Waals surface area contributed by atoms with Crippen LogP contribution in [0.2, 0.25) is 0 Å². The van der Waals surface area contributed by atoms with E-state index in [1.54, 1.807) is 0 Å². The monoisotopic (exact) mass is 472 g/mol. The number of hydrogen-bond acceptors (Lipinski definition) is 3. The van der Waals surface area contributed by atoms with Gasteiger partial charge in [0.15, 0.2) is 5.96 Å². The van der Waals surface area contributed by atoms with Crippen molar-refractivity contribution in [2.75, 3.05) is 33.2 Å². The second kappa shape index (κ2) is 11.1. The number of nitrogens with one attached hydrogen (secondary N) is 1. The Bertz CT molecular complexity index is 692. The molecule has 0 unspecified atom stereocenters. The summed E-state index contributed by atoms with van der Waals surface area (Å²) in [6, 6.07) is 9.91. The minimum atomic E-state index is 0. The second-order valence-electron chi connectivity index (χ2n) is 5.84. The van der Waals surface area contributed by atoms with Crippen molar-refractivity contribution < 1.29 is 9.21 Å². The number of benzene rings is 1. The molecule has 1 heterocycles. The molecule has 0 aliphatic heterocycles. The first kappa shape index (κ1) is 22.3. The van der Waals surface area contributed by atoms with Crippen molar-refractivity contribution in [2.45, 2.75) is 27.3 Å². The third-order valence-electron chi connectivity index (χ3n) is 4.05. The third kappa shape index (κ3) is 5.89. The van der Waals surface area contributed by atoms with E-state index < -0.39 is 0 Å². The van der Waals surface area contributed by atoms with Gasteiger partial charge in [0.05, 0.1) is 6.54 Å². The molecule has 2 aromatic rings. The van der Waals surface area contributed by atoms with Crippen LogP contribution in [0.5, 0.6) is 0 Å². The highest BCUT2D eigenvalue weighted by Crippen LogP contribution is 2.19. The summed E-state index contributed by atoms with van der Waals surface area (Å²) < 4.78 is 5.80. The number of guanidine groups is 1. The number of likely N-dealkylation sites (N-methyl/N-ethyl adjacent to an activating group) is 2. The van der Waals surface area contributed by atoms with Gasteiger partial charge in [-0.1, -0.05) is 18.2 Å². The molecule has 0 spiro atoms. The van der Waals surface area contributed by atoms with Gasteiger partial charge in [-0.2, -0.15) is 0 Å². The quantitative estimate of drug-likeness (QED) is 0.382. The summed E-state index contributed by atoms with van der Waals surface area (Å²) in [5.74, 6) is 1.60. The summed E-state index contributed by atoms with van der Waals surface area (Å²) in [6.45, 7) is 8.89. The van der Waals surface area contributed by atoms with Crippen molar-refractivity contribution in [1.82, 2.24) is 15.1 Å². The van der Waals surface area contributed by atoms with Gasteiger partial charge in [0.25, 0.3) is 0 Å². The zero-order chi connectivity index (χ0) is 18.2. The van der Waals surface area contributed by atoms with Crippen LogP contribution in [0, 0.1) is 0 Å². The maximum Gasteiger partial charge on any atom is 0.242 e. The summed E-state index contributed by atoms with van der Waals surface area (Å²) >= 11 is 0. The molecule has 144 valence electrons. The van der Waals surface area contributed by atoms with Gasteiger partial charge in [0, 0.05) is 32.1 Å². The molecule has 7 heteroatoms. The molecule has 6 nitrogen and oxygen atoms in total. The van der Waals surface area contributed by atoms with E-state index in [2.05, 4.69) is 10.3 Å². The Labute approximate surface area is 172 Å². The number of fused-ring (bicyclic) bond motifs is 1. The van der Waals surface area contributed by atoms with Gasteiger partial charge in [-0.25, -0.2) is 4.99 Å². The molecule has 0 aliphatic rings. The van der Waals surface area contributed by atoms with Crippen molar-refractivity contribution in [1.29, 1.82) is 0 Å². The maximum absolute atomic E-state index is 12.3. The number of amides is 1. The van der Waals surface area contributed by atoms with Crippen LogP contribution in [0.15, 0.2) is 39.7 Å². The van der Waals surface area contributed by atoms with Crippen LogP contribution in [-0.4, -0.2) is 54.9 Å². The zero-order valence-electron chi connectivity index (χ0n) is 16.0. The number of nitrogens with zero attached hydrogens (tertiary/aromatic N) is 3. The first-order valence-corrected chi connectivity index (χ1v) is 8.83. The van der Waals surface area contributed by atoms with Crippen LogP contribution in [0.1, 0.15) is 26.5 Å². The van der Waals surface area contributed by atoms with Gasteiger partial charge >= 0.3 is 0 Å². The number of hydrogen-bond donors (Lipinski definition) is 1. The average Bonchev–Trinajstić information content (AvgIpc) is 3.02. The number of rotatable bonds is 7. The molecule has 0 fully saturated rings. The predicted octanol–water partition coefficient (Wildman–Crippen LogP) is 3.32. The molecule has 26 heavy (non-hydrogen) atoms. The number of halogens is 1. The van der Waals surface area contributed by atoms with Gasteiger partial charge in [-0.05, 0) is 32.9 Å². The fourth-order valence-electron chi connectivity index (χ4n) is 2.69. The first-order chi connectivity index (χ1) is 12.1. The SMILES string of the molecule is CCNC(=NCc1cc2ccccc2o1)N(C)CC(=O)N(CC)CC.I. The summed E-state index contributed by atoms with van der Waals surface area (Å²) in [5.41, 5.74) is 0.864. The minimum absolute atomic E-state index is 0. The van der Waals surface area contributed by atoms with Gasteiger partial charge in [0.2, 0.25) is 5.91 Å². The highest BCUT2D eigenvalue weighted by molar-refractivity contribution is 14.0. The molecular weight excluding hydrogens is 443 g/mol. The van der Waals surface area contributed by atoms with Crippen molar-refractivity contribution in [3.8, 4) is 0 Å². The molecule has 0 bridgehead atoms. The fourth-order valence-corrected chi connectivity index (χ4v) is 2.69. The molecule has 1 amide bonds. The van der Waals surface area contributed by atoms with Crippen LogP contribution < -0.4 is 5.32 Å². The summed E-state index contributed by atoms with van der Waals surface area (Å²) in [5, 5.41) is 4.30. The van der Waals surface area contributed by atoms with E-state index in [1.165, 1.54) is 0 Å². The van der Waals surface area contributed by atoms with Crippen molar-refractivity contribution in [2.24, 2.45) is 4.99 Å². The number of carbonyl (C=O) groups excluding carboxylic acids is 1. The molecule has 0 atom stereocenters. The van der Waals surface area contributed by atoms with E-state index in [0.29, 0.717) is 19.0 Å². The Morgan fingerprint density at radius 1 is 1.19 bits per heavy atom. The Morgan fingerprint density at radius 2 is 1.88 bits per heavy atom. The third-order valence-corrected chi connectivity index (χ3v) is 4.05. The number of furan rings is 1. The Hall–Kier alpha value is -1.77. The van der Waals surface area contributed by atoms with Crippen LogP contribution >= 0.6 is 24.0 Å². The molecule has 0 aliphatic carbocycles. The Balaban J connectivity index is 0.00000338. The molecule has 2 rings (SSSR count). The summed E-state index contributed by atoms with van der Waals surface area (Å²) in [6.07, 6.45) is 0. The Kier molecular flexibility index (Phi) is 9.47. The summed E-state index contributed by atoms with van der Waals surface area (Å²) in [7, 11) is 1.88. The normalized spacial score (nSPS) is 11.2. The molecule has 0 radical (unpaired) electrons. The van der Waals surface area contributed by atoms with Crippen molar-refractivity contribution in [3.05, 3.63) is 36.1 Å². The zero-order valence-corrected chi connectivity index (χ0v) is 18.3. The van der Waals surface area contributed by atoms with E-state index in [4.69, 9.17) is 4.42 Å². The molecule has 1 N–H and O–H groups in total. The van der Waals surface area contributed by atoms with Crippen LogP contribution in [-0.2, 0) is 11.3 Å². The smallest absolute Gasteiger partial charge is 0.242 e. The highest BCUT2D eigenvalue weighted by Gasteiger charge is 2.15. The largest absolute Gasteiger partial charge is 0.459 e. The van der Waals surface area contributed by atoms with Crippen molar-refractivity contribution in [3.63, 3.8) is 0 Å². The second-order valence-corrected chi connectivity index (χ2v) is 5.84. The number of aliphatic imine (C=N–C) groups is 1. The van der Waals surface area contributed by atoms with E-state index in [0.717, 1.165) is 36.4 Å². The molecular formula is C19H29IN4O2. The van der Waals surface area contributed by atoms with E-state index in [1.807, 2.05) is 68.0 Å². The molecule has 1 aromatic heterocycles. The lowest BCUT2D eigenvalue weighted by Gasteiger charge is -2.25. The molecule has 0 saturated carbocycles. The van der Waals surface area contributed by atoms with Gasteiger partial charge in [-0.3, -0.25) is 4.79 Å². The highest BCUT2D eigenvalue weighted by atomic mass is 127. The molecule has 0 saturated heterocycles. The van der Waals surface area contributed by atoms with Crippen LogP contribution in [0.4, 0.5) is 0 Å². The van der Waals surface area contributed by atoms with E-state index >= 15 is 0 Å². The van der Waals surface area contributed by atoms with Gasteiger partial charge in [-0.15, -0.1) is 24.0 Å². The van der Waals surface area contributed by atoms with Crippen molar-refractivity contribution >= 4 is 46.8 Å². The van der Waals surface area contributed by atoms with Crippen LogP contribution in [0.3, 0.4) is 0 Å². The Morgan fingerprint density at radius 3 is 2.50 bits per heavy atom. The lowest BCUT2D eigenvalue weighted by atomic mass is 10.2. The lowest BCUT2D eigenvalue weighted by molar-refractivity contribution is -0.131. The topological polar surface area (TPSA) is 61.1 Å². The standard InChI is InChI=1S/C19H28N4O2.HI/c1-5-20-19(22(4)14-18(24)23(6-2)7-3)21-13-16-12-15-10-8-9-11-17(15)25-16;/h8-12H,5-7,13-14H2,1-4H3,(H,20,21);1H. The fraction of sp³-hybridized carbons (Fsp3) is 0.474. The summed E-state index contributed by atoms with van der Waals surface area (Å²) in [4.78, 5) is 20.6. The number of carbonyl (C=O) groups is 1. The molecule has 1 aromatic carbocycles. The first-order valence-electron chi connectivity index (χ1n) is 8.83. The van der Waals surface area contributed by atoms with Crippen LogP contribution in [0.25, 0.3) is 11.0 Å². The number of para-hydroxylation sites is 1. The van der Waals surface area contributed by atoms with Gasteiger partial charge < -0.3 is 19.5 Å². The van der Waals surface area contributed by atoms with E-state index in [9.17, 15) is 4.79 Å². The van der Waals surface area contributed by atoms with E-state index in [-0.39, 0.29) is 29.9 Å². The minimum Gasteiger partial charge on any atom is -0.459 e. The predicted molar refractivity (Wildman–Crippen MR) is 117 cm³/mol. The average molecular weight is 472 g/mol.